The molecule has 0 bridgehead atoms. The van der Waals surface area contributed by atoms with Crippen molar-refractivity contribution in [1.29, 1.82) is 0 Å². The third-order valence-electron chi connectivity index (χ3n) is 3.67. The molecule has 0 amide bonds. The van der Waals surface area contributed by atoms with E-state index in [0.717, 1.165) is 36.3 Å². The first-order valence-electron chi connectivity index (χ1n) is 6.62. The molecule has 0 aliphatic heterocycles. The van der Waals surface area contributed by atoms with Crippen LogP contribution in [0, 0.1) is 6.92 Å². The van der Waals surface area contributed by atoms with Gasteiger partial charge in [0, 0.05) is 25.0 Å². The van der Waals surface area contributed by atoms with Crippen molar-refractivity contribution < 1.29 is 0 Å². The second-order valence-corrected chi connectivity index (χ2v) is 5.15. The number of anilines is 1. The van der Waals surface area contributed by atoms with Crippen molar-refractivity contribution in [3.05, 3.63) is 45.6 Å². The molecule has 5 heteroatoms. The van der Waals surface area contributed by atoms with Crippen LogP contribution < -0.4 is 10.9 Å². The average Bonchev–Trinajstić information content (AvgIpc) is 2.68. The third-order valence-corrected chi connectivity index (χ3v) is 3.67. The van der Waals surface area contributed by atoms with E-state index in [4.69, 9.17) is 0 Å². The SMILES string of the molecule is Cc1nn(C)cc1NC1CCCc2[nH]c(=O)ccc21. The summed E-state index contributed by atoms with van der Waals surface area (Å²) < 4.78 is 1.81. The van der Waals surface area contributed by atoms with Gasteiger partial charge in [0.25, 0.3) is 0 Å². The maximum absolute atomic E-state index is 11.4. The summed E-state index contributed by atoms with van der Waals surface area (Å²) in [6.45, 7) is 2.00. The fourth-order valence-corrected chi connectivity index (χ4v) is 2.78. The van der Waals surface area contributed by atoms with Gasteiger partial charge in [-0.1, -0.05) is 0 Å². The maximum Gasteiger partial charge on any atom is 0.248 e. The average molecular weight is 258 g/mol. The molecule has 0 spiro atoms. The van der Waals surface area contributed by atoms with Crippen molar-refractivity contribution in [2.45, 2.75) is 32.2 Å². The van der Waals surface area contributed by atoms with Gasteiger partial charge >= 0.3 is 0 Å². The molecule has 19 heavy (non-hydrogen) atoms. The number of aromatic amines is 1. The van der Waals surface area contributed by atoms with Gasteiger partial charge in [-0.05, 0) is 37.8 Å². The lowest BCUT2D eigenvalue weighted by atomic mass is 9.91. The van der Waals surface area contributed by atoms with E-state index in [-0.39, 0.29) is 11.6 Å². The molecule has 1 unspecified atom stereocenters. The lowest BCUT2D eigenvalue weighted by molar-refractivity contribution is 0.586. The molecule has 2 aromatic rings. The smallest absolute Gasteiger partial charge is 0.248 e. The summed E-state index contributed by atoms with van der Waals surface area (Å²) in [6.07, 6.45) is 5.11. The number of rotatable bonds is 2. The van der Waals surface area contributed by atoms with Crippen LogP contribution in [0.1, 0.15) is 35.8 Å². The van der Waals surface area contributed by atoms with Gasteiger partial charge in [-0.2, -0.15) is 5.10 Å². The number of fused-ring (bicyclic) bond motifs is 1. The van der Waals surface area contributed by atoms with Gasteiger partial charge in [-0.3, -0.25) is 9.48 Å². The van der Waals surface area contributed by atoms with Crippen LogP contribution in [0.2, 0.25) is 0 Å². The van der Waals surface area contributed by atoms with Gasteiger partial charge in [0.05, 0.1) is 17.4 Å². The Morgan fingerprint density at radius 1 is 1.47 bits per heavy atom. The van der Waals surface area contributed by atoms with E-state index in [0.29, 0.717) is 0 Å². The van der Waals surface area contributed by atoms with E-state index < -0.39 is 0 Å². The summed E-state index contributed by atoms with van der Waals surface area (Å²) in [7, 11) is 1.92. The zero-order valence-corrected chi connectivity index (χ0v) is 11.2. The lowest BCUT2D eigenvalue weighted by Crippen LogP contribution is -2.21. The van der Waals surface area contributed by atoms with Crippen molar-refractivity contribution in [3.8, 4) is 0 Å². The Morgan fingerprint density at radius 2 is 2.32 bits per heavy atom. The van der Waals surface area contributed by atoms with E-state index >= 15 is 0 Å². The minimum Gasteiger partial charge on any atom is -0.375 e. The largest absolute Gasteiger partial charge is 0.375 e. The number of aromatic nitrogens is 3. The fraction of sp³-hybridized carbons (Fsp3) is 0.429. The van der Waals surface area contributed by atoms with Crippen molar-refractivity contribution in [1.82, 2.24) is 14.8 Å². The summed E-state index contributed by atoms with van der Waals surface area (Å²) in [5, 5.41) is 7.88. The van der Waals surface area contributed by atoms with Crippen LogP contribution in [0.4, 0.5) is 5.69 Å². The highest BCUT2D eigenvalue weighted by molar-refractivity contribution is 5.48. The summed E-state index contributed by atoms with van der Waals surface area (Å²) in [5.74, 6) is 0. The molecule has 0 saturated heterocycles. The van der Waals surface area contributed by atoms with Crippen molar-refractivity contribution >= 4 is 5.69 Å². The Bertz CT molecular complexity index is 656. The molecule has 2 aromatic heterocycles. The standard InChI is InChI=1S/C14H18N4O/c1-9-13(8-18(2)17-9)15-11-4-3-5-12-10(11)6-7-14(19)16-12/h6-8,11,15H,3-5H2,1-2H3,(H,16,19). The predicted molar refractivity (Wildman–Crippen MR) is 74.3 cm³/mol. The zero-order chi connectivity index (χ0) is 13.4. The summed E-state index contributed by atoms with van der Waals surface area (Å²) in [5.41, 5.74) is 4.31. The molecular weight excluding hydrogens is 240 g/mol. The van der Waals surface area contributed by atoms with Gasteiger partial charge in [0.2, 0.25) is 5.56 Å². The van der Waals surface area contributed by atoms with Crippen LogP contribution in [-0.4, -0.2) is 14.8 Å². The molecule has 0 radical (unpaired) electrons. The molecule has 0 fully saturated rings. The minimum atomic E-state index is -0.0167. The van der Waals surface area contributed by atoms with Gasteiger partial charge in [0.15, 0.2) is 0 Å². The number of H-pyrrole nitrogens is 1. The zero-order valence-electron chi connectivity index (χ0n) is 11.2. The molecule has 1 aliphatic carbocycles. The predicted octanol–water partition coefficient (Wildman–Crippen LogP) is 1.91. The van der Waals surface area contributed by atoms with Crippen molar-refractivity contribution in [2.75, 3.05) is 5.32 Å². The van der Waals surface area contributed by atoms with Gasteiger partial charge in [-0.15, -0.1) is 0 Å². The highest BCUT2D eigenvalue weighted by atomic mass is 16.1. The fourth-order valence-electron chi connectivity index (χ4n) is 2.78. The van der Waals surface area contributed by atoms with Crippen LogP contribution in [-0.2, 0) is 13.5 Å². The molecule has 100 valence electrons. The number of hydrogen-bond donors (Lipinski definition) is 2. The van der Waals surface area contributed by atoms with E-state index in [1.54, 1.807) is 6.07 Å². The van der Waals surface area contributed by atoms with E-state index in [1.165, 1.54) is 5.56 Å². The molecule has 2 N–H and O–H groups in total. The van der Waals surface area contributed by atoms with Gasteiger partial charge in [0.1, 0.15) is 0 Å². The van der Waals surface area contributed by atoms with Crippen LogP contribution in [0.3, 0.4) is 0 Å². The third kappa shape index (κ3) is 2.28. The van der Waals surface area contributed by atoms with E-state index in [9.17, 15) is 4.79 Å². The van der Waals surface area contributed by atoms with Crippen LogP contribution in [0.25, 0.3) is 0 Å². The highest BCUT2D eigenvalue weighted by Gasteiger charge is 2.21. The summed E-state index contributed by atoms with van der Waals surface area (Å²) >= 11 is 0. The quantitative estimate of drug-likeness (QED) is 0.865. The maximum atomic E-state index is 11.4. The first-order chi connectivity index (χ1) is 9.13. The second-order valence-electron chi connectivity index (χ2n) is 5.15. The summed E-state index contributed by atoms with van der Waals surface area (Å²) in [6, 6.07) is 3.80. The van der Waals surface area contributed by atoms with E-state index in [1.807, 2.05) is 30.9 Å². The Balaban J connectivity index is 1.92. The Kier molecular flexibility index (Phi) is 2.89. The molecule has 0 saturated carbocycles. The van der Waals surface area contributed by atoms with Gasteiger partial charge < -0.3 is 10.3 Å². The van der Waals surface area contributed by atoms with Crippen molar-refractivity contribution in [3.63, 3.8) is 0 Å². The molecule has 5 nitrogen and oxygen atoms in total. The number of pyridine rings is 1. The topological polar surface area (TPSA) is 62.7 Å². The number of hydrogen-bond acceptors (Lipinski definition) is 3. The Hall–Kier alpha value is -2.04. The Morgan fingerprint density at radius 3 is 3.05 bits per heavy atom. The van der Waals surface area contributed by atoms with Crippen LogP contribution in [0.5, 0.6) is 0 Å². The first kappa shape index (κ1) is 12.0. The number of nitrogens with one attached hydrogen (secondary N) is 2. The normalized spacial score (nSPS) is 18.1. The summed E-state index contributed by atoms with van der Waals surface area (Å²) in [4.78, 5) is 14.3. The highest BCUT2D eigenvalue weighted by Crippen LogP contribution is 2.31. The van der Waals surface area contributed by atoms with Crippen LogP contribution in [0.15, 0.2) is 23.1 Å². The van der Waals surface area contributed by atoms with Crippen LogP contribution >= 0.6 is 0 Å². The second kappa shape index (κ2) is 4.57. The molecule has 2 heterocycles. The minimum absolute atomic E-state index is 0.0167. The monoisotopic (exact) mass is 258 g/mol. The molecular formula is C14H18N4O. The lowest BCUT2D eigenvalue weighted by Gasteiger charge is -2.26. The number of aryl methyl sites for hydroxylation is 3. The van der Waals surface area contributed by atoms with E-state index in [2.05, 4.69) is 15.4 Å². The molecule has 1 aliphatic rings. The molecule has 1 atom stereocenters. The van der Waals surface area contributed by atoms with Gasteiger partial charge in [-0.25, -0.2) is 0 Å². The first-order valence-corrected chi connectivity index (χ1v) is 6.62. The number of nitrogens with zero attached hydrogens (tertiary/aromatic N) is 2. The van der Waals surface area contributed by atoms with Crippen molar-refractivity contribution in [2.24, 2.45) is 7.05 Å². The molecule has 0 aromatic carbocycles. The Labute approximate surface area is 111 Å². The molecule has 3 rings (SSSR count).